The van der Waals surface area contributed by atoms with E-state index in [4.69, 9.17) is 4.74 Å². The predicted molar refractivity (Wildman–Crippen MR) is 76.8 cm³/mol. The SMILES string of the molecule is CC(C)COc1cccc(C(=O)NC(C)(CO)CO)c1. The van der Waals surface area contributed by atoms with E-state index in [-0.39, 0.29) is 19.1 Å². The first-order valence-electron chi connectivity index (χ1n) is 6.67. The number of nitrogens with one attached hydrogen (secondary N) is 1. The average Bonchev–Trinajstić information content (AvgIpc) is 2.45. The first-order chi connectivity index (χ1) is 9.40. The van der Waals surface area contributed by atoms with Gasteiger partial charge in [0.2, 0.25) is 0 Å². The van der Waals surface area contributed by atoms with Crippen molar-refractivity contribution in [2.24, 2.45) is 5.92 Å². The molecule has 0 unspecified atom stereocenters. The van der Waals surface area contributed by atoms with Gasteiger partial charge in [0.25, 0.3) is 5.91 Å². The van der Waals surface area contributed by atoms with Gasteiger partial charge in [-0.3, -0.25) is 4.79 Å². The molecular formula is C15H23NO4. The minimum Gasteiger partial charge on any atom is -0.493 e. The van der Waals surface area contributed by atoms with E-state index in [1.54, 1.807) is 31.2 Å². The maximum Gasteiger partial charge on any atom is 0.251 e. The molecule has 0 aliphatic carbocycles. The summed E-state index contributed by atoms with van der Waals surface area (Å²) in [5.41, 5.74) is -0.606. The lowest BCUT2D eigenvalue weighted by Crippen LogP contribution is -2.51. The summed E-state index contributed by atoms with van der Waals surface area (Å²) in [5, 5.41) is 21.0. The topological polar surface area (TPSA) is 78.8 Å². The molecule has 0 spiro atoms. The van der Waals surface area contributed by atoms with Gasteiger partial charge in [-0.25, -0.2) is 0 Å². The van der Waals surface area contributed by atoms with Crippen molar-refractivity contribution >= 4 is 5.91 Å². The lowest BCUT2D eigenvalue weighted by molar-refractivity contribution is 0.0723. The number of carbonyl (C=O) groups is 1. The minimum atomic E-state index is -1.04. The van der Waals surface area contributed by atoms with Crippen LogP contribution < -0.4 is 10.1 Å². The Morgan fingerprint density at radius 1 is 1.35 bits per heavy atom. The highest BCUT2D eigenvalue weighted by atomic mass is 16.5. The van der Waals surface area contributed by atoms with Crippen molar-refractivity contribution in [2.75, 3.05) is 19.8 Å². The lowest BCUT2D eigenvalue weighted by atomic mass is 10.0. The van der Waals surface area contributed by atoms with Crippen LogP contribution in [0.4, 0.5) is 0 Å². The normalized spacial score (nSPS) is 11.5. The summed E-state index contributed by atoms with van der Waals surface area (Å²) in [6, 6.07) is 6.83. The fraction of sp³-hybridized carbons (Fsp3) is 0.533. The summed E-state index contributed by atoms with van der Waals surface area (Å²) < 4.78 is 5.56. The highest BCUT2D eigenvalue weighted by Crippen LogP contribution is 2.15. The average molecular weight is 281 g/mol. The summed E-state index contributed by atoms with van der Waals surface area (Å²) in [6.07, 6.45) is 0. The largest absolute Gasteiger partial charge is 0.493 e. The zero-order chi connectivity index (χ0) is 15.2. The molecule has 0 aromatic heterocycles. The number of carbonyl (C=O) groups excluding carboxylic acids is 1. The molecule has 0 saturated carbocycles. The summed E-state index contributed by atoms with van der Waals surface area (Å²) in [7, 11) is 0. The quantitative estimate of drug-likeness (QED) is 0.701. The Labute approximate surface area is 119 Å². The monoisotopic (exact) mass is 281 g/mol. The van der Waals surface area contributed by atoms with E-state index in [2.05, 4.69) is 5.32 Å². The van der Waals surface area contributed by atoms with Gasteiger partial charge < -0.3 is 20.3 Å². The Kier molecular flexibility index (Phi) is 5.98. The number of aliphatic hydroxyl groups is 2. The third-order valence-corrected chi connectivity index (χ3v) is 2.79. The molecule has 0 heterocycles. The molecule has 1 rings (SSSR count). The molecule has 0 aliphatic rings. The van der Waals surface area contributed by atoms with Gasteiger partial charge in [-0.15, -0.1) is 0 Å². The van der Waals surface area contributed by atoms with Gasteiger partial charge >= 0.3 is 0 Å². The number of benzene rings is 1. The second-order valence-corrected chi connectivity index (χ2v) is 5.56. The van der Waals surface area contributed by atoms with Crippen LogP contribution in [0, 0.1) is 5.92 Å². The second kappa shape index (κ2) is 7.26. The van der Waals surface area contributed by atoms with Gasteiger partial charge in [-0.05, 0) is 31.0 Å². The van der Waals surface area contributed by atoms with E-state index >= 15 is 0 Å². The van der Waals surface area contributed by atoms with Gasteiger partial charge in [0.15, 0.2) is 0 Å². The molecule has 112 valence electrons. The Morgan fingerprint density at radius 3 is 2.55 bits per heavy atom. The molecule has 20 heavy (non-hydrogen) atoms. The van der Waals surface area contributed by atoms with Gasteiger partial charge in [-0.2, -0.15) is 0 Å². The molecule has 1 amide bonds. The van der Waals surface area contributed by atoms with Crippen LogP contribution >= 0.6 is 0 Å². The number of amides is 1. The molecule has 0 atom stereocenters. The number of aliphatic hydroxyl groups excluding tert-OH is 2. The molecule has 0 bridgehead atoms. The number of rotatable bonds is 7. The summed E-state index contributed by atoms with van der Waals surface area (Å²) in [6.45, 7) is 5.58. The zero-order valence-electron chi connectivity index (χ0n) is 12.2. The summed E-state index contributed by atoms with van der Waals surface area (Å²) in [4.78, 5) is 12.1. The smallest absolute Gasteiger partial charge is 0.251 e. The summed E-state index contributed by atoms with van der Waals surface area (Å²) >= 11 is 0. The Hall–Kier alpha value is -1.59. The maximum absolute atomic E-state index is 12.1. The Morgan fingerprint density at radius 2 is 2.00 bits per heavy atom. The van der Waals surface area contributed by atoms with Crippen LogP contribution in [-0.4, -0.2) is 41.5 Å². The highest BCUT2D eigenvalue weighted by Gasteiger charge is 2.25. The molecule has 0 saturated heterocycles. The Balaban J connectivity index is 2.76. The molecule has 5 nitrogen and oxygen atoms in total. The van der Waals surface area contributed by atoms with Crippen molar-refractivity contribution in [3.8, 4) is 5.75 Å². The standard InChI is InChI=1S/C15H23NO4/c1-11(2)8-20-13-6-4-5-12(7-13)14(19)16-15(3,9-17)10-18/h4-7,11,17-18H,8-10H2,1-3H3,(H,16,19). The zero-order valence-corrected chi connectivity index (χ0v) is 12.2. The van der Waals surface area contributed by atoms with Crippen LogP contribution in [0.15, 0.2) is 24.3 Å². The number of hydrogen-bond donors (Lipinski definition) is 3. The van der Waals surface area contributed by atoms with Crippen LogP contribution in [0.5, 0.6) is 5.75 Å². The van der Waals surface area contributed by atoms with E-state index in [0.717, 1.165) is 0 Å². The van der Waals surface area contributed by atoms with E-state index in [0.29, 0.717) is 23.8 Å². The fourth-order valence-corrected chi connectivity index (χ4v) is 1.47. The first-order valence-corrected chi connectivity index (χ1v) is 6.67. The lowest BCUT2D eigenvalue weighted by Gasteiger charge is -2.26. The third-order valence-electron chi connectivity index (χ3n) is 2.79. The van der Waals surface area contributed by atoms with Crippen molar-refractivity contribution < 1.29 is 19.7 Å². The van der Waals surface area contributed by atoms with E-state index in [1.807, 2.05) is 13.8 Å². The molecule has 0 fully saturated rings. The van der Waals surface area contributed by atoms with Crippen molar-refractivity contribution in [3.63, 3.8) is 0 Å². The van der Waals surface area contributed by atoms with Crippen LogP contribution in [0.2, 0.25) is 0 Å². The van der Waals surface area contributed by atoms with Gasteiger partial charge in [0, 0.05) is 5.56 Å². The van der Waals surface area contributed by atoms with Gasteiger partial charge in [-0.1, -0.05) is 19.9 Å². The van der Waals surface area contributed by atoms with E-state index < -0.39 is 5.54 Å². The molecule has 5 heteroatoms. The highest BCUT2D eigenvalue weighted by molar-refractivity contribution is 5.95. The van der Waals surface area contributed by atoms with Crippen molar-refractivity contribution in [1.82, 2.24) is 5.32 Å². The van der Waals surface area contributed by atoms with Gasteiger partial charge in [0.05, 0.1) is 25.4 Å². The third kappa shape index (κ3) is 4.83. The molecule has 3 N–H and O–H groups in total. The van der Waals surface area contributed by atoms with Crippen LogP contribution in [0.1, 0.15) is 31.1 Å². The van der Waals surface area contributed by atoms with Crippen LogP contribution in [0.25, 0.3) is 0 Å². The van der Waals surface area contributed by atoms with Crippen LogP contribution in [0.3, 0.4) is 0 Å². The van der Waals surface area contributed by atoms with Crippen LogP contribution in [-0.2, 0) is 0 Å². The minimum absolute atomic E-state index is 0.335. The van der Waals surface area contributed by atoms with Crippen molar-refractivity contribution in [1.29, 1.82) is 0 Å². The van der Waals surface area contributed by atoms with Gasteiger partial charge in [0.1, 0.15) is 5.75 Å². The summed E-state index contributed by atoms with van der Waals surface area (Å²) in [5.74, 6) is 0.672. The maximum atomic E-state index is 12.1. The molecular weight excluding hydrogens is 258 g/mol. The molecule has 1 aromatic carbocycles. The van der Waals surface area contributed by atoms with Crippen molar-refractivity contribution in [2.45, 2.75) is 26.3 Å². The van der Waals surface area contributed by atoms with Crippen molar-refractivity contribution in [3.05, 3.63) is 29.8 Å². The first kappa shape index (κ1) is 16.5. The molecule has 0 aliphatic heterocycles. The fourth-order valence-electron chi connectivity index (χ4n) is 1.47. The Bertz CT molecular complexity index is 441. The van der Waals surface area contributed by atoms with E-state index in [1.165, 1.54) is 0 Å². The number of ether oxygens (including phenoxy) is 1. The number of hydrogen-bond acceptors (Lipinski definition) is 4. The predicted octanol–water partition coefficient (Wildman–Crippen LogP) is 1.19. The van der Waals surface area contributed by atoms with E-state index in [9.17, 15) is 15.0 Å². The second-order valence-electron chi connectivity index (χ2n) is 5.56. The molecule has 0 radical (unpaired) electrons. The molecule has 1 aromatic rings.